The van der Waals surface area contributed by atoms with E-state index < -0.39 is 12.0 Å². The van der Waals surface area contributed by atoms with E-state index in [9.17, 15) is 9.59 Å². The minimum Gasteiger partial charge on any atom is -0.481 e. The number of amides is 1. The Kier molecular flexibility index (Phi) is 4.69. The Hall–Kier alpha value is -1.84. The summed E-state index contributed by atoms with van der Waals surface area (Å²) in [7, 11) is 0. The van der Waals surface area contributed by atoms with Gasteiger partial charge in [0.1, 0.15) is 0 Å². The Balaban J connectivity index is 2.81. The lowest BCUT2D eigenvalue weighted by Gasteiger charge is -2.18. The molecule has 0 saturated heterocycles. The van der Waals surface area contributed by atoms with Crippen molar-refractivity contribution in [2.24, 2.45) is 5.92 Å². The lowest BCUT2D eigenvalue weighted by molar-refractivity contribution is -0.137. The maximum atomic E-state index is 11.6. The first kappa shape index (κ1) is 13.2. The normalized spacial score (nSPS) is 12.2. The molecule has 0 aliphatic rings. The van der Waals surface area contributed by atoms with E-state index in [1.54, 1.807) is 13.8 Å². The van der Waals surface area contributed by atoms with Crippen molar-refractivity contribution < 1.29 is 14.7 Å². The van der Waals surface area contributed by atoms with Crippen molar-refractivity contribution in [3.8, 4) is 0 Å². The van der Waals surface area contributed by atoms with E-state index in [0.717, 1.165) is 5.56 Å². The van der Waals surface area contributed by atoms with Crippen LogP contribution in [-0.4, -0.2) is 17.0 Å². The Morgan fingerprint density at radius 1 is 1.24 bits per heavy atom. The number of rotatable bonds is 5. The summed E-state index contributed by atoms with van der Waals surface area (Å²) in [6, 6.07) is 8.66. The van der Waals surface area contributed by atoms with Crippen LogP contribution in [0.1, 0.15) is 31.9 Å². The van der Waals surface area contributed by atoms with Crippen molar-refractivity contribution >= 4 is 11.9 Å². The van der Waals surface area contributed by atoms with Crippen LogP contribution < -0.4 is 5.32 Å². The highest BCUT2D eigenvalue weighted by molar-refractivity contribution is 5.79. The third-order valence-electron chi connectivity index (χ3n) is 2.42. The van der Waals surface area contributed by atoms with Gasteiger partial charge in [0.2, 0.25) is 5.91 Å². The number of carboxylic acids is 1. The average molecular weight is 235 g/mol. The molecular formula is C13H17NO3. The van der Waals surface area contributed by atoms with Gasteiger partial charge in [0, 0.05) is 5.92 Å². The zero-order valence-corrected chi connectivity index (χ0v) is 10.0. The van der Waals surface area contributed by atoms with Crippen molar-refractivity contribution in [3.05, 3.63) is 35.9 Å². The third kappa shape index (κ3) is 4.26. The second kappa shape index (κ2) is 6.03. The molecule has 1 atom stereocenters. The molecule has 0 spiro atoms. The molecule has 0 bridgehead atoms. The molecule has 92 valence electrons. The Morgan fingerprint density at radius 3 is 2.29 bits per heavy atom. The summed E-state index contributed by atoms with van der Waals surface area (Å²) in [6.07, 6.45) is -0.109. The molecule has 1 aromatic rings. The molecule has 0 aromatic heterocycles. The first-order chi connectivity index (χ1) is 8.00. The zero-order valence-electron chi connectivity index (χ0n) is 10.0. The minimum atomic E-state index is -0.928. The van der Waals surface area contributed by atoms with Crippen LogP contribution in [0.15, 0.2) is 30.3 Å². The van der Waals surface area contributed by atoms with Crippen molar-refractivity contribution in [2.75, 3.05) is 0 Å². The lowest BCUT2D eigenvalue weighted by atomic mass is 10.0. The van der Waals surface area contributed by atoms with Gasteiger partial charge in [0.05, 0.1) is 12.5 Å². The third-order valence-corrected chi connectivity index (χ3v) is 2.42. The highest BCUT2D eigenvalue weighted by Crippen LogP contribution is 2.17. The molecule has 1 rings (SSSR count). The fraction of sp³-hybridized carbons (Fsp3) is 0.385. The van der Waals surface area contributed by atoms with E-state index in [0.29, 0.717) is 0 Å². The molecule has 0 aliphatic carbocycles. The fourth-order valence-corrected chi connectivity index (χ4v) is 1.45. The summed E-state index contributed by atoms with van der Waals surface area (Å²) < 4.78 is 0. The minimum absolute atomic E-state index is 0.109. The molecule has 0 unspecified atom stereocenters. The maximum absolute atomic E-state index is 11.6. The van der Waals surface area contributed by atoms with E-state index in [-0.39, 0.29) is 18.2 Å². The smallest absolute Gasteiger partial charge is 0.305 e. The molecule has 0 radical (unpaired) electrons. The standard InChI is InChI=1S/C13H17NO3/c1-9(2)13(17)14-11(8-12(15)16)10-6-4-3-5-7-10/h3-7,9,11H,8H2,1-2H3,(H,14,17)(H,15,16)/t11-/m0/s1. The molecule has 4 heteroatoms. The summed E-state index contributed by atoms with van der Waals surface area (Å²) >= 11 is 0. The second-order valence-electron chi connectivity index (χ2n) is 4.22. The summed E-state index contributed by atoms with van der Waals surface area (Å²) in [5.74, 6) is -1.22. The van der Waals surface area contributed by atoms with Crippen LogP contribution in [0.5, 0.6) is 0 Å². The maximum Gasteiger partial charge on any atom is 0.305 e. The van der Waals surface area contributed by atoms with E-state index in [1.165, 1.54) is 0 Å². The van der Waals surface area contributed by atoms with Gasteiger partial charge in [-0.05, 0) is 5.56 Å². The first-order valence-corrected chi connectivity index (χ1v) is 5.58. The second-order valence-corrected chi connectivity index (χ2v) is 4.22. The first-order valence-electron chi connectivity index (χ1n) is 5.58. The Bertz CT molecular complexity index is 387. The molecule has 1 amide bonds. The molecule has 0 aliphatic heterocycles. The van der Waals surface area contributed by atoms with E-state index in [4.69, 9.17) is 5.11 Å². The topological polar surface area (TPSA) is 66.4 Å². The number of carbonyl (C=O) groups is 2. The molecule has 0 heterocycles. The van der Waals surface area contributed by atoms with Crippen molar-refractivity contribution in [1.29, 1.82) is 0 Å². The highest BCUT2D eigenvalue weighted by Gasteiger charge is 2.19. The number of nitrogens with one attached hydrogen (secondary N) is 1. The van der Waals surface area contributed by atoms with Crippen LogP contribution in [0.4, 0.5) is 0 Å². The van der Waals surface area contributed by atoms with Gasteiger partial charge >= 0.3 is 5.97 Å². The van der Waals surface area contributed by atoms with Gasteiger partial charge in [-0.25, -0.2) is 0 Å². The lowest BCUT2D eigenvalue weighted by Crippen LogP contribution is -2.33. The van der Waals surface area contributed by atoms with Crippen molar-refractivity contribution in [1.82, 2.24) is 5.32 Å². The predicted octanol–water partition coefficient (Wildman–Crippen LogP) is 1.97. The van der Waals surface area contributed by atoms with Crippen LogP contribution in [0.25, 0.3) is 0 Å². The summed E-state index contributed by atoms with van der Waals surface area (Å²) in [5.41, 5.74) is 0.809. The molecule has 4 nitrogen and oxygen atoms in total. The van der Waals surface area contributed by atoms with E-state index in [1.807, 2.05) is 30.3 Å². The molecule has 0 fully saturated rings. The van der Waals surface area contributed by atoms with E-state index >= 15 is 0 Å². The highest BCUT2D eigenvalue weighted by atomic mass is 16.4. The van der Waals surface area contributed by atoms with Crippen LogP contribution >= 0.6 is 0 Å². The molecule has 0 saturated carbocycles. The molecule has 17 heavy (non-hydrogen) atoms. The van der Waals surface area contributed by atoms with Crippen molar-refractivity contribution in [2.45, 2.75) is 26.3 Å². The van der Waals surface area contributed by atoms with Gasteiger partial charge in [0.25, 0.3) is 0 Å². The largest absolute Gasteiger partial charge is 0.481 e. The number of carboxylic acid groups (broad SMARTS) is 1. The number of hydrogen-bond donors (Lipinski definition) is 2. The van der Waals surface area contributed by atoms with E-state index in [2.05, 4.69) is 5.32 Å². The Labute approximate surface area is 101 Å². The monoisotopic (exact) mass is 235 g/mol. The van der Waals surface area contributed by atoms with Gasteiger partial charge in [-0.1, -0.05) is 44.2 Å². The number of aliphatic carboxylic acids is 1. The van der Waals surface area contributed by atoms with Crippen LogP contribution in [-0.2, 0) is 9.59 Å². The van der Waals surface area contributed by atoms with Gasteiger partial charge in [-0.15, -0.1) is 0 Å². The molecule has 1 aromatic carbocycles. The predicted molar refractivity (Wildman–Crippen MR) is 64.4 cm³/mol. The SMILES string of the molecule is CC(C)C(=O)N[C@@H](CC(=O)O)c1ccccc1. The number of carbonyl (C=O) groups excluding carboxylic acids is 1. The van der Waals surface area contributed by atoms with Crippen LogP contribution in [0.2, 0.25) is 0 Å². The summed E-state index contributed by atoms with van der Waals surface area (Å²) in [5, 5.41) is 11.6. The quantitative estimate of drug-likeness (QED) is 0.820. The fourth-order valence-electron chi connectivity index (χ4n) is 1.45. The van der Waals surface area contributed by atoms with Gasteiger partial charge < -0.3 is 10.4 Å². The van der Waals surface area contributed by atoms with Gasteiger partial charge in [-0.2, -0.15) is 0 Å². The van der Waals surface area contributed by atoms with Gasteiger partial charge in [-0.3, -0.25) is 9.59 Å². The molecular weight excluding hydrogens is 218 g/mol. The molecule has 2 N–H and O–H groups in total. The van der Waals surface area contributed by atoms with Crippen molar-refractivity contribution in [3.63, 3.8) is 0 Å². The van der Waals surface area contributed by atoms with Crippen LogP contribution in [0.3, 0.4) is 0 Å². The average Bonchev–Trinajstić information content (AvgIpc) is 2.28. The Morgan fingerprint density at radius 2 is 1.82 bits per heavy atom. The zero-order chi connectivity index (χ0) is 12.8. The number of benzene rings is 1. The summed E-state index contributed by atoms with van der Waals surface area (Å²) in [4.78, 5) is 22.4. The van der Waals surface area contributed by atoms with Gasteiger partial charge in [0.15, 0.2) is 0 Å². The summed E-state index contributed by atoms with van der Waals surface area (Å²) in [6.45, 7) is 3.55. The van der Waals surface area contributed by atoms with Crippen LogP contribution in [0, 0.1) is 5.92 Å². The number of hydrogen-bond acceptors (Lipinski definition) is 2.